The second-order valence-electron chi connectivity index (χ2n) is 11.0. The van der Waals surface area contributed by atoms with Gasteiger partial charge in [0.05, 0.1) is 0 Å². The number of pyridine rings is 3. The fourth-order valence-electron chi connectivity index (χ4n) is 5.39. The Morgan fingerprint density at radius 2 is 1.68 bits per heavy atom. The van der Waals surface area contributed by atoms with E-state index in [9.17, 15) is 0 Å². The van der Waals surface area contributed by atoms with Crippen molar-refractivity contribution in [2.45, 2.75) is 52.1 Å². The fraction of sp³-hybridized carbons (Fsp3) is 0.324. The number of aromatic nitrogens is 3. The smallest absolute Gasteiger partial charge is 0.135 e. The van der Waals surface area contributed by atoms with Crippen LogP contribution in [0.3, 0.4) is 0 Å². The standard InChI is InChI=1S/C34H40N6/c1-25-19-32(36-22-28-9-8-18-35-21-28)20-34(38-25)40(26(2)29-10-6-5-7-11-29)24-27-12-14-30(15-13-27)31-16-17-33(37-23-31)39(3)4/h8-9,12-21,23,29H,2,5-7,10-11,22,24H2,1,3-4H3,(H,36,38). The van der Waals surface area contributed by atoms with Crippen LogP contribution in [0.25, 0.3) is 11.1 Å². The molecule has 0 radical (unpaired) electrons. The van der Waals surface area contributed by atoms with Crippen LogP contribution < -0.4 is 15.1 Å². The van der Waals surface area contributed by atoms with Crippen LogP contribution in [0.2, 0.25) is 0 Å². The van der Waals surface area contributed by atoms with Crippen LogP contribution in [0.1, 0.15) is 48.9 Å². The Hall–Kier alpha value is -4.19. The minimum absolute atomic E-state index is 0.489. The highest BCUT2D eigenvalue weighted by Gasteiger charge is 2.23. The summed E-state index contributed by atoms with van der Waals surface area (Å²) >= 11 is 0. The summed E-state index contributed by atoms with van der Waals surface area (Å²) in [6, 6.07) is 21.3. The van der Waals surface area contributed by atoms with Gasteiger partial charge in [-0.3, -0.25) is 4.98 Å². The molecule has 3 aromatic heterocycles. The number of hydrogen-bond acceptors (Lipinski definition) is 6. The number of nitrogens with one attached hydrogen (secondary N) is 1. The minimum atomic E-state index is 0.489. The summed E-state index contributed by atoms with van der Waals surface area (Å²) in [5.74, 6) is 2.39. The molecule has 5 rings (SSSR count). The summed E-state index contributed by atoms with van der Waals surface area (Å²) in [6.07, 6.45) is 11.9. The van der Waals surface area contributed by atoms with Gasteiger partial charge in [-0.25, -0.2) is 9.97 Å². The predicted octanol–water partition coefficient (Wildman–Crippen LogP) is 7.63. The molecule has 0 unspecified atom stereocenters. The molecule has 1 N–H and O–H groups in total. The Balaban J connectivity index is 1.39. The molecule has 0 bridgehead atoms. The van der Waals surface area contributed by atoms with Crippen LogP contribution in [-0.4, -0.2) is 29.0 Å². The van der Waals surface area contributed by atoms with Crippen LogP contribution in [0, 0.1) is 12.8 Å². The number of aryl methyl sites for hydroxylation is 1. The van der Waals surface area contributed by atoms with Gasteiger partial charge in [0.2, 0.25) is 0 Å². The quantitative estimate of drug-likeness (QED) is 0.227. The summed E-state index contributed by atoms with van der Waals surface area (Å²) in [5.41, 5.74) is 7.86. The normalized spacial score (nSPS) is 13.6. The van der Waals surface area contributed by atoms with Crippen LogP contribution in [0.5, 0.6) is 0 Å². The van der Waals surface area contributed by atoms with Crippen LogP contribution >= 0.6 is 0 Å². The average Bonchev–Trinajstić information content (AvgIpc) is 2.99. The van der Waals surface area contributed by atoms with Crippen molar-refractivity contribution in [2.75, 3.05) is 29.2 Å². The predicted molar refractivity (Wildman–Crippen MR) is 166 cm³/mol. The number of anilines is 3. The molecule has 40 heavy (non-hydrogen) atoms. The zero-order chi connectivity index (χ0) is 27.9. The molecular weight excluding hydrogens is 492 g/mol. The first-order chi connectivity index (χ1) is 19.5. The molecule has 1 aliphatic carbocycles. The molecule has 4 aromatic rings. The van der Waals surface area contributed by atoms with Crippen LogP contribution in [0.15, 0.2) is 91.5 Å². The molecular formula is C34H40N6. The summed E-state index contributed by atoms with van der Waals surface area (Å²) in [4.78, 5) is 18.2. The largest absolute Gasteiger partial charge is 0.381 e. The molecule has 3 heterocycles. The van der Waals surface area contributed by atoms with E-state index in [2.05, 4.69) is 88.3 Å². The van der Waals surface area contributed by atoms with Crippen molar-refractivity contribution in [3.63, 3.8) is 0 Å². The van der Waals surface area contributed by atoms with Gasteiger partial charge in [-0.15, -0.1) is 0 Å². The third kappa shape index (κ3) is 6.87. The van der Waals surface area contributed by atoms with Gasteiger partial charge >= 0.3 is 0 Å². The van der Waals surface area contributed by atoms with Crippen molar-refractivity contribution < 1.29 is 0 Å². The maximum Gasteiger partial charge on any atom is 0.135 e. The zero-order valence-corrected chi connectivity index (χ0v) is 24.0. The molecule has 1 saturated carbocycles. The number of rotatable bonds is 10. The first kappa shape index (κ1) is 27.4. The summed E-state index contributed by atoms with van der Waals surface area (Å²) in [5, 5.41) is 3.57. The van der Waals surface area contributed by atoms with Gasteiger partial charge in [0, 0.05) is 74.5 Å². The van der Waals surface area contributed by atoms with Crippen LogP contribution in [0.4, 0.5) is 17.3 Å². The first-order valence-electron chi connectivity index (χ1n) is 14.3. The molecule has 0 aliphatic heterocycles. The molecule has 0 spiro atoms. The zero-order valence-electron chi connectivity index (χ0n) is 24.0. The Morgan fingerprint density at radius 3 is 2.35 bits per heavy atom. The Kier molecular flexibility index (Phi) is 8.74. The lowest BCUT2D eigenvalue weighted by Crippen LogP contribution is -2.28. The average molecular weight is 533 g/mol. The van der Waals surface area contributed by atoms with E-state index in [1.165, 1.54) is 43.4 Å². The first-order valence-corrected chi connectivity index (χ1v) is 14.3. The van der Waals surface area contributed by atoms with Gasteiger partial charge in [0.15, 0.2) is 0 Å². The van der Waals surface area contributed by atoms with E-state index in [0.717, 1.165) is 46.3 Å². The highest BCUT2D eigenvalue weighted by atomic mass is 15.2. The highest BCUT2D eigenvalue weighted by molar-refractivity contribution is 5.64. The lowest BCUT2D eigenvalue weighted by Gasteiger charge is -2.33. The van der Waals surface area contributed by atoms with Crippen molar-refractivity contribution in [2.24, 2.45) is 5.92 Å². The molecule has 0 amide bonds. The molecule has 206 valence electrons. The number of nitrogens with zero attached hydrogens (tertiary/aromatic N) is 5. The lowest BCUT2D eigenvalue weighted by molar-refractivity contribution is 0.395. The molecule has 1 aromatic carbocycles. The molecule has 0 atom stereocenters. The molecule has 1 fully saturated rings. The van der Waals surface area contributed by atoms with Gasteiger partial charge in [0.25, 0.3) is 0 Å². The third-order valence-corrected chi connectivity index (χ3v) is 7.69. The van der Waals surface area contributed by atoms with Gasteiger partial charge in [-0.1, -0.05) is 56.2 Å². The van der Waals surface area contributed by atoms with Crippen LogP contribution in [-0.2, 0) is 13.1 Å². The topological polar surface area (TPSA) is 57.2 Å². The van der Waals surface area contributed by atoms with Crippen molar-refractivity contribution in [3.05, 3.63) is 108 Å². The van der Waals surface area contributed by atoms with E-state index in [-0.39, 0.29) is 0 Å². The van der Waals surface area contributed by atoms with Gasteiger partial charge in [0.1, 0.15) is 11.6 Å². The fourth-order valence-corrected chi connectivity index (χ4v) is 5.39. The Bertz CT molecular complexity index is 1390. The van der Waals surface area contributed by atoms with E-state index >= 15 is 0 Å². The SMILES string of the molecule is C=C(C1CCCCC1)N(Cc1ccc(-c2ccc(N(C)C)nc2)cc1)c1cc(NCc2cccnc2)cc(C)n1. The molecule has 1 aliphatic rings. The molecule has 6 nitrogen and oxygen atoms in total. The Labute approximate surface area is 238 Å². The van der Waals surface area contributed by atoms with Crippen molar-refractivity contribution >= 4 is 17.3 Å². The molecule has 6 heteroatoms. The second-order valence-corrected chi connectivity index (χ2v) is 11.0. The number of benzene rings is 1. The summed E-state index contributed by atoms with van der Waals surface area (Å²) < 4.78 is 0. The maximum absolute atomic E-state index is 4.99. The van der Waals surface area contributed by atoms with Gasteiger partial charge < -0.3 is 15.1 Å². The van der Waals surface area contributed by atoms with E-state index in [1.54, 1.807) is 6.20 Å². The Morgan fingerprint density at radius 1 is 0.900 bits per heavy atom. The van der Waals surface area contributed by atoms with Gasteiger partial charge in [-0.2, -0.15) is 0 Å². The highest BCUT2D eigenvalue weighted by Crippen LogP contribution is 2.34. The van der Waals surface area contributed by atoms with E-state index < -0.39 is 0 Å². The second kappa shape index (κ2) is 12.8. The minimum Gasteiger partial charge on any atom is -0.381 e. The summed E-state index contributed by atoms with van der Waals surface area (Å²) in [7, 11) is 4.01. The van der Waals surface area contributed by atoms with Crippen molar-refractivity contribution in [1.82, 2.24) is 15.0 Å². The lowest BCUT2D eigenvalue weighted by atomic mass is 9.86. The van der Waals surface area contributed by atoms with Crippen molar-refractivity contribution in [3.8, 4) is 11.1 Å². The number of allylic oxidation sites excluding steroid dienone is 1. The van der Waals surface area contributed by atoms with E-state index in [1.807, 2.05) is 37.5 Å². The van der Waals surface area contributed by atoms with Crippen molar-refractivity contribution in [1.29, 1.82) is 0 Å². The maximum atomic E-state index is 4.99. The molecule has 0 saturated heterocycles. The van der Waals surface area contributed by atoms with E-state index in [4.69, 9.17) is 4.98 Å². The monoisotopic (exact) mass is 532 g/mol. The summed E-state index contributed by atoms with van der Waals surface area (Å²) in [6.45, 7) is 8.14. The number of hydrogen-bond donors (Lipinski definition) is 1. The third-order valence-electron chi connectivity index (χ3n) is 7.69. The van der Waals surface area contributed by atoms with Gasteiger partial charge in [-0.05, 0) is 66.6 Å². The van der Waals surface area contributed by atoms with E-state index in [0.29, 0.717) is 12.5 Å².